The highest BCUT2D eigenvalue weighted by Crippen LogP contribution is 2.38. The molecule has 164 valence electrons. The molecule has 2 aromatic carbocycles. The first-order valence-electron chi connectivity index (χ1n) is 10.6. The summed E-state index contributed by atoms with van der Waals surface area (Å²) in [5, 5.41) is 6.41. The van der Waals surface area contributed by atoms with Crippen LogP contribution in [0, 0.1) is 13.8 Å². The van der Waals surface area contributed by atoms with Crippen molar-refractivity contribution in [3.63, 3.8) is 0 Å². The minimum atomic E-state index is -0.326. The second kappa shape index (κ2) is 8.27. The largest absolute Gasteiger partial charge is 0.454 e. The summed E-state index contributed by atoms with van der Waals surface area (Å²) in [6.07, 6.45) is 2.51. The normalized spacial score (nSPS) is 16.4. The zero-order valence-electron chi connectivity index (χ0n) is 17.9. The van der Waals surface area contributed by atoms with Crippen LogP contribution >= 0.6 is 11.3 Å². The number of nitrogens with one attached hydrogen (secondary N) is 2. The number of ether oxygens (including phenoxy) is 2. The fourth-order valence-corrected chi connectivity index (χ4v) is 5.04. The Labute approximate surface area is 189 Å². The number of thiazole rings is 1. The van der Waals surface area contributed by atoms with E-state index < -0.39 is 0 Å². The highest BCUT2D eigenvalue weighted by Gasteiger charge is 2.31. The molecule has 32 heavy (non-hydrogen) atoms. The molecule has 3 aromatic rings. The van der Waals surface area contributed by atoms with Gasteiger partial charge in [-0.15, -0.1) is 11.3 Å². The van der Waals surface area contributed by atoms with Crippen LogP contribution in [0.15, 0.2) is 36.4 Å². The molecule has 1 aliphatic carbocycles. The Morgan fingerprint density at radius 1 is 1.03 bits per heavy atom. The first-order chi connectivity index (χ1) is 15.5. The van der Waals surface area contributed by atoms with Gasteiger partial charge in [0.15, 0.2) is 16.6 Å². The number of benzene rings is 2. The van der Waals surface area contributed by atoms with Crippen LogP contribution in [0.2, 0.25) is 0 Å². The molecule has 2 N–H and O–H groups in total. The van der Waals surface area contributed by atoms with E-state index in [2.05, 4.69) is 15.6 Å². The quantitative estimate of drug-likeness (QED) is 0.597. The highest BCUT2D eigenvalue weighted by atomic mass is 32.1. The van der Waals surface area contributed by atoms with Gasteiger partial charge >= 0.3 is 0 Å². The number of nitrogens with zero attached hydrogens (tertiary/aromatic N) is 1. The molecule has 2 amide bonds. The number of hydrogen-bond acceptors (Lipinski definition) is 6. The van der Waals surface area contributed by atoms with E-state index in [0.717, 1.165) is 41.1 Å². The predicted molar refractivity (Wildman–Crippen MR) is 123 cm³/mol. The molecule has 1 aromatic heterocycles. The van der Waals surface area contributed by atoms with E-state index >= 15 is 0 Å². The number of anilines is 2. The molecule has 0 bridgehead atoms. The maximum Gasteiger partial charge on any atom is 0.257 e. The van der Waals surface area contributed by atoms with E-state index in [4.69, 9.17) is 9.47 Å². The third-order valence-corrected chi connectivity index (χ3v) is 6.95. The fourth-order valence-electron chi connectivity index (χ4n) is 3.98. The molecule has 1 atom stereocenters. The zero-order chi connectivity index (χ0) is 22.2. The van der Waals surface area contributed by atoms with Gasteiger partial charge in [-0.05, 0) is 74.6 Å². The first-order valence-corrected chi connectivity index (χ1v) is 11.4. The van der Waals surface area contributed by atoms with Crippen LogP contribution in [-0.4, -0.2) is 23.6 Å². The standard InChI is InChI=1S/C24H23N3O4S/c1-13-6-8-16(10-14(13)2)25-23(29)17-4-3-5-20-21(17)26-24(32-20)27-22(28)15-7-9-18-19(11-15)31-12-30-18/h6-11,17H,3-5,12H2,1-2H3,(H,25,29)(H,26,27,28). The number of rotatable bonds is 4. The number of fused-ring (bicyclic) bond motifs is 2. The van der Waals surface area contributed by atoms with Crippen molar-refractivity contribution >= 4 is 34.0 Å². The first kappa shape index (κ1) is 20.5. The second-order valence-electron chi connectivity index (χ2n) is 8.08. The molecule has 1 unspecified atom stereocenters. The van der Waals surface area contributed by atoms with Gasteiger partial charge in [0.25, 0.3) is 5.91 Å². The molecule has 2 aliphatic rings. The number of carbonyl (C=O) groups is 2. The van der Waals surface area contributed by atoms with Gasteiger partial charge in [-0.1, -0.05) is 6.07 Å². The lowest BCUT2D eigenvalue weighted by atomic mass is 9.90. The number of aromatic nitrogens is 1. The average Bonchev–Trinajstić information content (AvgIpc) is 3.41. The summed E-state index contributed by atoms with van der Waals surface area (Å²) < 4.78 is 10.6. The summed E-state index contributed by atoms with van der Waals surface area (Å²) in [7, 11) is 0. The van der Waals surface area contributed by atoms with Crippen molar-refractivity contribution in [1.82, 2.24) is 4.98 Å². The average molecular weight is 450 g/mol. The van der Waals surface area contributed by atoms with Gasteiger partial charge in [0.2, 0.25) is 12.7 Å². The van der Waals surface area contributed by atoms with E-state index in [0.29, 0.717) is 22.2 Å². The van der Waals surface area contributed by atoms with Crippen molar-refractivity contribution in [1.29, 1.82) is 0 Å². The molecular weight excluding hydrogens is 426 g/mol. The Hall–Kier alpha value is -3.39. The van der Waals surface area contributed by atoms with Gasteiger partial charge in [-0.2, -0.15) is 0 Å². The maximum atomic E-state index is 13.0. The van der Waals surface area contributed by atoms with Crippen molar-refractivity contribution in [2.75, 3.05) is 17.4 Å². The smallest absolute Gasteiger partial charge is 0.257 e. The second-order valence-corrected chi connectivity index (χ2v) is 9.17. The van der Waals surface area contributed by atoms with Crippen molar-refractivity contribution in [2.45, 2.75) is 39.0 Å². The number of carbonyl (C=O) groups excluding carboxylic acids is 2. The highest BCUT2D eigenvalue weighted by molar-refractivity contribution is 7.16. The summed E-state index contributed by atoms with van der Waals surface area (Å²) in [5.74, 6) is 0.523. The van der Waals surface area contributed by atoms with Gasteiger partial charge in [0.1, 0.15) is 0 Å². The molecule has 2 heterocycles. The Morgan fingerprint density at radius 2 is 1.88 bits per heavy atom. The lowest BCUT2D eigenvalue weighted by Gasteiger charge is -2.20. The molecule has 0 radical (unpaired) electrons. The van der Waals surface area contributed by atoms with E-state index in [1.165, 1.54) is 16.9 Å². The maximum absolute atomic E-state index is 13.0. The summed E-state index contributed by atoms with van der Waals surface area (Å²) in [6, 6.07) is 11.0. The van der Waals surface area contributed by atoms with E-state index in [1.54, 1.807) is 18.2 Å². The zero-order valence-corrected chi connectivity index (χ0v) is 18.7. The fraction of sp³-hybridized carbons (Fsp3) is 0.292. The Bertz CT molecular complexity index is 1220. The number of aryl methyl sites for hydroxylation is 3. The molecule has 0 spiro atoms. The number of amides is 2. The predicted octanol–water partition coefficient (Wildman–Crippen LogP) is 4.80. The SMILES string of the molecule is Cc1ccc(NC(=O)C2CCCc3sc(NC(=O)c4ccc5c(c4)OCO5)nc32)cc1C. The van der Waals surface area contributed by atoms with Crippen LogP contribution in [0.1, 0.15) is 50.8 Å². The molecule has 5 rings (SSSR count). The molecule has 0 saturated heterocycles. The molecule has 0 fully saturated rings. The van der Waals surface area contributed by atoms with Crippen LogP contribution in [0.25, 0.3) is 0 Å². The third kappa shape index (κ3) is 3.93. The molecule has 8 heteroatoms. The molecule has 1 aliphatic heterocycles. The van der Waals surface area contributed by atoms with Crippen molar-refractivity contribution in [3.8, 4) is 11.5 Å². The summed E-state index contributed by atoms with van der Waals surface area (Å²) >= 11 is 1.44. The van der Waals surface area contributed by atoms with Gasteiger partial charge in [0, 0.05) is 16.1 Å². The summed E-state index contributed by atoms with van der Waals surface area (Å²) in [5.41, 5.74) is 4.34. The van der Waals surface area contributed by atoms with Crippen molar-refractivity contribution in [2.24, 2.45) is 0 Å². The molecular formula is C24H23N3O4S. The van der Waals surface area contributed by atoms with Crippen LogP contribution in [0.4, 0.5) is 10.8 Å². The summed E-state index contributed by atoms with van der Waals surface area (Å²) in [6.45, 7) is 4.23. The van der Waals surface area contributed by atoms with Gasteiger partial charge in [-0.25, -0.2) is 4.98 Å². The minimum absolute atomic E-state index is 0.0619. The molecule has 0 saturated carbocycles. The Morgan fingerprint density at radius 3 is 2.72 bits per heavy atom. The van der Waals surface area contributed by atoms with E-state index in [-0.39, 0.29) is 24.5 Å². The van der Waals surface area contributed by atoms with Gasteiger partial charge in [0.05, 0.1) is 11.6 Å². The van der Waals surface area contributed by atoms with E-state index in [1.807, 2.05) is 32.0 Å². The monoisotopic (exact) mass is 449 g/mol. The van der Waals surface area contributed by atoms with Crippen LogP contribution in [-0.2, 0) is 11.2 Å². The lowest BCUT2D eigenvalue weighted by molar-refractivity contribution is -0.117. The lowest BCUT2D eigenvalue weighted by Crippen LogP contribution is -2.24. The van der Waals surface area contributed by atoms with Crippen molar-refractivity contribution < 1.29 is 19.1 Å². The summed E-state index contributed by atoms with van der Waals surface area (Å²) in [4.78, 5) is 31.4. The Kier molecular flexibility index (Phi) is 5.30. The van der Waals surface area contributed by atoms with E-state index in [9.17, 15) is 9.59 Å². The van der Waals surface area contributed by atoms with Crippen LogP contribution in [0.5, 0.6) is 11.5 Å². The third-order valence-electron chi connectivity index (χ3n) is 5.90. The topological polar surface area (TPSA) is 89.6 Å². The van der Waals surface area contributed by atoms with Gasteiger partial charge in [-0.3, -0.25) is 14.9 Å². The van der Waals surface area contributed by atoms with Crippen LogP contribution in [0.3, 0.4) is 0 Å². The van der Waals surface area contributed by atoms with Crippen molar-refractivity contribution in [3.05, 3.63) is 63.7 Å². The van der Waals surface area contributed by atoms with Crippen LogP contribution < -0.4 is 20.1 Å². The minimum Gasteiger partial charge on any atom is -0.454 e. The molecule has 7 nitrogen and oxygen atoms in total. The number of hydrogen-bond donors (Lipinski definition) is 2. The Balaban J connectivity index is 1.32. The van der Waals surface area contributed by atoms with Gasteiger partial charge < -0.3 is 14.8 Å².